The van der Waals surface area contributed by atoms with E-state index >= 15 is 0 Å². The van der Waals surface area contributed by atoms with E-state index in [2.05, 4.69) is 48.5 Å². The molecule has 0 aliphatic carbocycles. The maximum absolute atomic E-state index is 5.11. The van der Waals surface area contributed by atoms with Crippen LogP contribution in [-0.2, 0) is 0 Å². The van der Waals surface area contributed by atoms with Gasteiger partial charge in [0.05, 0.1) is 0 Å². The van der Waals surface area contributed by atoms with Gasteiger partial charge in [0.1, 0.15) is 0 Å². The molecule has 1 unspecified atom stereocenters. The quantitative estimate of drug-likeness (QED) is 0.650. The van der Waals surface area contributed by atoms with E-state index in [0.717, 1.165) is 17.8 Å². The largest absolute Gasteiger partial charge is 0.328 e. The topological polar surface area (TPSA) is 26.0 Å². The van der Waals surface area contributed by atoms with Crippen molar-refractivity contribution in [2.24, 2.45) is 23.5 Å². The van der Waals surface area contributed by atoms with Crippen molar-refractivity contribution in [1.29, 1.82) is 0 Å². The first-order valence-corrected chi connectivity index (χ1v) is 7.90. The SMILES string of the molecule is CC.CC(C)C.CC(C)N.CCCC(C)C(C)C. The van der Waals surface area contributed by atoms with Crippen molar-refractivity contribution in [1.82, 2.24) is 0 Å². The van der Waals surface area contributed by atoms with Gasteiger partial charge in [-0.3, -0.25) is 0 Å². The van der Waals surface area contributed by atoms with Crippen molar-refractivity contribution in [2.45, 2.75) is 95.0 Å². The zero-order valence-electron chi connectivity index (χ0n) is 15.3. The summed E-state index contributed by atoms with van der Waals surface area (Å²) >= 11 is 0. The van der Waals surface area contributed by atoms with Gasteiger partial charge >= 0.3 is 0 Å². The zero-order chi connectivity index (χ0) is 15.7. The summed E-state index contributed by atoms with van der Waals surface area (Å²) in [6, 6.07) is 0.333. The molecule has 0 aromatic carbocycles. The maximum atomic E-state index is 5.11. The van der Waals surface area contributed by atoms with E-state index in [-0.39, 0.29) is 0 Å². The van der Waals surface area contributed by atoms with E-state index in [1.54, 1.807) is 0 Å². The van der Waals surface area contributed by atoms with E-state index in [1.807, 2.05) is 27.7 Å². The van der Waals surface area contributed by atoms with Gasteiger partial charge in [-0.25, -0.2) is 0 Å². The van der Waals surface area contributed by atoms with Crippen molar-refractivity contribution in [3.63, 3.8) is 0 Å². The molecule has 0 heterocycles. The van der Waals surface area contributed by atoms with Gasteiger partial charge in [0.15, 0.2) is 0 Å². The molecule has 0 aliphatic heterocycles. The van der Waals surface area contributed by atoms with Gasteiger partial charge in [-0.2, -0.15) is 0 Å². The van der Waals surface area contributed by atoms with Gasteiger partial charge in [0, 0.05) is 0 Å². The third-order valence-corrected chi connectivity index (χ3v) is 1.88. The Morgan fingerprint density at radius 1 is 0.778 bits per heavy atom. The minimum atomic E-state index is 0.333. The minimum Gasteiger partial charge on any atom is -0.328 e. The second-order valence-electron chi connectivity index (χ2n) is 5.99. The van der Waals surface area contributed by atoms with Crippen molar-refractivity contribution in [3.8, 4) is 0 Å². The van der Waals surface area contributed by atoms with Crippen LogP contribution in [0.3, 0.4) is 0 Å². The summed E-state index contributed by atoms with van der Waals surface area (Å²) in [5.41, 5.74) is 5.11. The van der Waals surface area contributed by atoms with Crippen LogP contribution in [0, 0.1) is 17.8 Å². The van der Waals surface area contributed by atoms with Crippen LogP contribution in [0.1, 0.15) is 89.0 Å². The summed E-state index contributed by atoms with van der Waals surface area (Å²) < 4.78 is 0. The fourth-order valence-electron chi connectivity index (χ4n) is 0.789. The minimum absolute atomic E-state index is 0.333. The molecular weight excluding hydrogens is 218 g/mol. The van der Waals surface area contributed by atoms with E-state index < -0.39 is 0 Å². The molecule has 0 amide bonds. The Morgan fingerprint density at radius 3 is 1.06 bits per heavy atom. The second-order valence-corrected chi connectivity index (χ2v) is 5.99. The standard InChI is InChI=1S/C8H18.C4H10.C3H9N.C2H6/c1-5-6-8(4)7(2)3;1-4(2)3;1-3(2)4;1-2/h7-8H,5-6H2,1-4H3;4H,1-3H3;3H,4H2,1-2H3;1-2H3. The van der Waals surface area contributed by atoms with Crippen LogP contribution < -0.4 is 5.73 Å². The number of nitrogens with two attached hydrogens (primary N) is 1. The van der Waals surface area contributed by atoms with Gasteiger partial charge in [0.25, 0.3) is 0 Å². The third-order valence-electron chi connectivity index (χ3n) is 1.88. The van der Waals surface area contributed by atoms with E-state index in [1.165, 1.54) is 12.8 Å². The summed E-state index contributed by atoms with van der Waals surface area (Å²) in [6.07, 6.45) is 2.72. The lowest BCUT2D eigenvalue weighted by atomic mass is 9.94. The molecule has 18 heavy (non-hydrogen) atoms. The Morgan fingerprint density at radius 2 is 1.00 bits per heavy atom. The Labute approximate surface area is 119 Å². The summed E-state index contributed by atoms with van der Waals surface area (Å²) in [6.45, 7) is 23.5. The summed E-state index contributed by atoms with van der Waals surface area (Å²) in [5, 5.41) is 0. The molecule has 0 saturated carbocycles. The molecule has 0 saturated heterocycles. The molecule has 0 fully saturated rings. The predicted molar refractivity (Wildman–Crippen MR) is 90.1 cm³/mol. The summed E-state index contributed by atoms with van der Waals surface area (Å²) in [5.74, 6) is 2.62. The van der Waals surface area contributed by atoms with Crippen molar-refractivity contribution in [2.75, 3.05) is 0 Å². The lowest BCUT2D eigenvalue weighted by Gasteiger charge is -2.12. The molecule has 1 atom stereocenters. The van der Waals surface area contributed by atoms with Gasteiger partial charge < -0.3 is 5.73 Å². The average Bonchev–Trinajstić information content (AvgIpc) is 2.19. The van der Waals surface area contributed by atoms with E-state index in [0.29, 0.717) is 6.04 Å². The lowest BCUT2D eigenvalue weighted by molar-refractivity contribution is 0.389. The highest BCUT2D eigenvalue weighted by Crippen LogP contribution is 2.14. The van der Waals surface area contributed by atoms with Gasteiger partial charge in [-0.15, -0.1) is 0 Å². The molecule has 1 nitrogen and oxygen atoms in total. The molecule has 116 valence electrons. The highest BCUT2D eigenvalue weighted by Gasteiger charge is 2.03. The fraction of sp³-hybridized carbons (Fsp3) is 1.00. The number of rotatable bonds is 3. The Hall–Kier alpha value is -0.0400. The predicted octanol–water partition coefficient (Wildman–Crippen LogP) is 6.12. The maximum Gasteiger partial charge on any atom is -0.00179 e. The third kappa shape index (κ3) is 73.7. The Kier molecular flexibility index (Phi) is 32.6. The molecule has 0 spiro atoms. The highest BCUT2D eigenvalue weighted by atomic mass is 14.6. The molecule has 0 radical (unpaired) electrons. The second kappa shape index (κ2) is 22.2. The first kappa shape index (κ1) is 26.5. The first-order chi connectivity index (χ1) is 8.14. The molecule has 0 bridgehead atoms. The lowest BCUT2D eigenvalue weighted by Crippen LogP contribution is -2.06. The van der Waals surface area contributed by atoms with Crippen LogP contribution in [0.5, 0.6) is 0 Å². The van der Waals surface area contributed by atoms with Gasteiger partial charge in [-0.1, -0.05) is 89.0 Å². The summed E-state index contributed by atoms with van der Waals surface area (Å²) in [7, 11) is 0. The average molecular weight is 262 g/mol. The van der Waals surface area contributed by atoms with Crippen LogP contribution in [0.4, 0.5) is 0 Å². The number of hydrogen-bond acceptors (Lipinski definition) is 1. The molecular formula is C17H43N. The zero-order valence-corrected chi connectivity index (χ0v) is 15.3. The van der Waals surface area contributed by atoms with E-state index in [4.69, 9.17) is 5.73 Å². The molecule has 0 aliphatic rings. The van der Waals surface area contributed by atoms with Crippen LogP contribution in [0.2, 0.25) is 0 Å². The van der Waals surface area contributed by atoms with Crippen molar-refractivity contribution >= 4 is 0 Å². The molecule has 2 N–H and O–H groups in total. The van der Waals surface area contributed by atoms with Crippen molar-refractivity contribution in [3.05, 3.63) is 0 Å². The van der Waals surface area contributed by atoms with Crippen molar-refractivity contribution < 1.29 is 0 Å². The highest BCUT2D eigenvalue weighted by molar-refractivity contribution is 4.54. The Bertz CT molecular complexity index is 94.7. The fourth-order valence-corrected chi connectivity index (χ4v) is 0.789. The summed E-state index contributed by atoms with van der Waals surface area (Å²) in [4.78, 5) is 0. The molecule has 1 heteroatoms. The van der Waals surface area contributed by atoms with Gasteiger partial charge in [0.2, 0.25) is 0 Å². The van der Waals surface area contributed by atoms with Crippen LogP contribution >= 0.6 is 0 Å². The van der Waals surface area contributed by atoms with Gasteiger partial charge in [-0.05, 0) is 23.8 Å². The van der Waals surface area contributed by atoms with E-state index in [9.17, 15) is 0 Å². The number of hydrogen-bond donors (Lipinski definition) is 1. The van der Waals surface area contributed by atoms with Crippen LogP contribution in [0.25, 0.3) is 0 Å². The monoisotopic (exact) mass is 261 g/mol. The first-order valence-electron chi connectivity index (χ1n) is 7.90. The molecule has 0 rings (SSSR count). The molecule has 0 aromatic rings. The van der Waals surface area contributed by atoms with Crippen LogP contribution in [0.15, 0.2) is 0 Å². The smallest absolute Gasteiger partial charge is 0.00179 e. The van der Waals surface area contributed by atoms with Crippen LogP contribution in [-0.4, -0.2) is 6.04 Å². The Balaban J connectivity index is -0.0000000834. The normalized spacial score (nSPS) is 10.8. The molecule has 0 aromatic heterocycles.